The first-order valence-electron chi connectivity index (χ1n) is 10.5. The topological polar surface area (TPSA) is 79.9 Å². The van der Waals surface area contributed by atoms with E-state index in [9.17, 15) is 9.59 Å². The molecule has 2 aromatic rings. The van der Waals surface area contributed by atoms with Crippen molar-refractivity contribution in [3.05, 3.63) is 59.7 Å². The monoisotopic (exact) mass is 425 g/mol. The highest BCUT2D eigenvalue weighted by atomic mass is 16.5. The molecule has 7 nitrogen and oxygen atoms in total. The number of carbonyl (C=O) groups is 2. The number of amides is 3. The predicted molar refractivity (Wildman–Crippen MR) is 120 cm³/mol. The van der Waals surface area contributed by atoms with Gasteiger partial charge in [0.2, 0.25) is 0 Å². The summed E-state index contributed by atoms with van der Waals surface area (Å²) in [5.41, 5.74) is 2.56. The second-order valence-corrected chi connectivity index (χ2v) is 8.57. The van der Waals surface area contributed by atoms with Crippen LogP contribution in [0.4, 0.5) is 10.5 Å². The number of urea groups is 1. The Morgan fingerprint density at radius 3 is 2.16 bits per heavy atom. The molecule has 166 valence electrons. The van der Waals surface area contributed by atoms with Crippen LogP contribution in [0, 0.1) is 0 Å². The Kier molecular flexibility index (Phi) is 7.17. The Hall–Kier alpha value is -3.06. The third-order valence-corrected chi connectivity index (χ3v) is 5.30. The number of rotatable bonds is 5. The molecule has 1 aliphatic heterocycles. The fourth-order valence-electron chi connectivity index (χ4n) is 3.35. The van der Waals surface area contributed by atoms with Gasteiger partial charge in [0, 0.05) is 18.8 Å². The van der Waals surface area contributed by atoms with Gasteiger partial charge in [0.1, 0.15) is 11.8 Å². The largest absolute Gasteiger partial charge is 0.497 e. The molecule has 1 saturated heterocycles. The van der Waals surface area contributed by atoms with Crippen LogP contribution in [-0.2, 0) is 14.9 Å². The summed E-state index contributed by atoms with van der Waals surface area (Å²) in [5.74, 6) is 0.371. The molecule has 0 aliphatic carbocycles. The molecule has 0 radical (unpaired) electrons. The van der Waals surface area contributed by atoms with Crippen molar-refractivity contribution < 1.29 is 19.1 Å². The maximum atomic E-state index is 13.2. The van der Waals surface area contributed by atoms with Gasteiger partial charge in [-0.3, -0.25) is 4.79 Å². The molecule has 7 heteroatoms. The molecule has 1 heterocycles. The smallest absolute Gasteiger partial charge is 0.318 e. The number of ether oxygens (including phenoxy) is 2. The van der Waals surface area contributed by atoms with E-state index in [1.165, 1.54) is 5.56 Å². The first kappa shape index (κ1) is 22.6. The fraction of sp³-hybridized carbons (Fsp3) is 0.417. The number of hydrogen-bond donors (Lipinski definition) is 2. The molecule has 3 amide bonds. The van der Waals surface area contributed by atoms with Crippen molar-refractivity contribution in [1.82, 2.24) is 10.2 Å². The molecule has 0 spiro atoms. The van der Waals surface area contributed by atoms with E-state index in [2.05, 4.69) is 31.4 Å². The summed E-state index contributed by atoms with van der Waals surface area (Å²) in [6.45, 7) is 8.40. The normalized spacial score (nSPS) is 15.2. The van der Waals surface area contributed by atoms with Gasteiger partial charge in [-0.15, -0.1) is 0 Å². The third-order valence-electron chi connectivity index (χ3n) is 5.30. The van der Waals surface area contributed by atoms with Crippen molar-refractivity contribution in [2.45, 2.75) is 32.2 Å². The summed E-state index contributed by atoms with van der Waals surface area (Å²) in [6.07, 6.45) is 0. The van der Waals surface area contributed by atoms with Crippen LogP contribution in [0.1, 0.15) is 37.9 Å². The Labute approximate surface area is 183 Å². The minimum atomic E-state index is -0.844. The summed E-state index contributed by atoms with van der Waals surface area (Å²) in [4.78, 5) is 27.6. The highest BCUT2D eigenvalue weighted by molar-refractivity contribution is 5.97. The average molecular weight is 426 g/mol. The van der Waals surface area contributed by atoms with E-state index in [0.717, 1.165) is 0 Å². The Morgan fingerprint density at radius 1 is 1.00 bits per heavy atom. The van der Waals surface area contributed by atoms with Crippen LogP contribution in [0.15, 0.2) is 48.5 Å². The zero-order valence-electron chi connectivity index (χ0n) is 18.6. The Morgan fingerprint density at radius 2 is 1.61 bits per heavy atom. The van der Waals surface area contributed by atoms with E-state index in [4.69, 9.17) is 9.47 Å². The highest BCUT2D eigenvalue weighted by Crippen LogP contribution is 2.25. The van der Waals surface area contributed by atoms with Crippen LogP contribution in [-0.4, -0.2) is 50.3 Å². The minimum absolute atomic E-state index is 0.0281. The van der Waals surface area contributed by atoms with Gasteiger partial charge in [-0.05, 0) is 40.8 Å². The van der Waals surface area contributed by atoms with Gasteiger partial charge in [-0.25, -0.2) is 4.79 Å². The van der Waals surface area contributed by atoms with E-state index in [1.807, 2.05) is 24.3 Å². The van der Waals surface area contributed by atoms with Crippen molar-refractivity contribution in [2.24, 2.45) is 0 Å². The Balaban J connectivity index is 1.78. The zero-order valence-corrected chi connectivity index (χ0v) is 18.6. The number of carbonyl (C=O) groups excluding carboxylic acids is 2. The molecular formula is C24H31N3O4. The van der Waals surface area contributed by atoms with Crippen LogP contribution in [0.5, 0.6) is 5.75 Å². The van der Waals surface area contributed by atoms with Crippen LogP contribution in [0.25, 0.3) is 0 Å². The number of anilines is 1. The highest BCUT2D eigenvalue weighted by Gasteiger charge is 2.26. The molecule has 2 N–H and O–H groups in total. The van der Waals surface area contributed by atoms with Crippen molar-refractivity contribution in [3.8, 4) is 5.75 Å². The molecule has 1 aliphatic rings. The van der Waals surface area contributed by atoms with Crippen LogP contribution < -0.4 is 15.4 Å². The summed E-state index contributed by atoms with van der Waals surface area (Å²) >= 11 is 0. The second kappa shape index (κ2) is 9.83. The zero-order chi connectivity index (χ0) is 22.4. The number of benzene rings is 2. The lowest BCUT2D eigenvalue weighted by atomic mass is 9.87. The third kappa shape index (κ3) is 5.98. The lowest BCUT2D eigenvalue weighted by Gasteiger charge is -2.29. The average Bonchev–Trinajstić information content (AvgIpc) is 2.77. The standard InChI is InChI=1S/C24H31N3O4/c1-24(2,3)18-7-9-19(10-8-18)25-22(28)21(17-5-11-20(30-4)12-6-17)26-23(29)27-13-15-31-16-14-27/h5-12,21H,13-16H2,1-4H3,(H,25,28)(H,26,29). The molecule has 1 unspecified atom stereocenters. The van der Waals surface area contributed by atoms with Crippen molar-refractivity contribution in [3.63, 3.8) is 0 Å². The van der Waals surface area contributed by atoms with Crippen LogP contribution in [0.2, 0.25) is 0 Å². The van der Waals surface area contributed by atoms with Crippen molar-refractivity contribution in [2.75, 3.05) is 38.7 Å². The SMILES string of the molecule is COc1ccc(C(NC(=O)N2CCOCC2)C(=O)Nc2ccc(C(C)(C)C)cc2)cc1. The van der Waals surface area contributed by atoms with Crippen LogP contribution >= 0.6 is 0 Å². The summed E-state index contributed by atoms with van der Waals surface area (Å²) in [7, 11) is 1.58. The van der Waals surface area contributed by atoms with Gasteiger partial charge < -0.3 is 25.0 Å². The lowest BCUT2D eigenvalue weighted by Crippen LogP contribution is -2.49. The quantitative estimate of drug-likeness (QED) is 0.765. The number of morpholine rings is 1. The molecule has 1 fully saturated rings. The summed E-state index contributed by atoms with van der Waals surface area (Å²) < 4.78 is 10.5. The molecule has 0 aromatic heterocycles. The molecule has 31 heavy (non-hydrogen) atoms. The maximum absolute atomic E-state index is 13.2. The number of nitrogens with zero attached hydrogens (tertiary/aromatic N) is 1. The maximum Gasteiger partial charge on any atom is 0.318 e. The molecule has 0 bridgehead atoms. The molecule has 2 aromatic carbocycles. The molecule has 0 saturated carbocycles. The van der Waals surface area contributed by atoms with E-state index in [-0.39, 0.29) is 17.4 Å². The second-order valence-electron chi connectivity index (χ2n) is 8.57. The van der Waals surface area contributed by atoms with Gasteiger partial charge in [0.15, 0.2) is 0 Å². The number of methoxy groups -OCH3 is 1. The van der Waals surface area contributed by atoms with Gasteiger partial charge >= 0.3 is 6.03 Å². The van der Waals surface area contributed by atoms with E-state index in [1.54, 1.807) is 36.3 Å². The first-order valence-corrected chi connectivity index (χ1v) is 10.5. The lowest BCUT2D eigenvalue weighted by molar-refractivity contribution is -0.118. The van der Waals surface area contributed by atoms with Gasteiger partial charge in [-0.1, -0.05) is 45.0 Å². The number of hydrogen-bond acceptors (Lipinski definition) is 4. The number of nitrogens with one attached hydrogen (secondary N) is 2. The van der Waals surface area contributed by atoms with E-state index in [0.29, 0.717) is 43.3 Å². The first-order chi connectivity index (χ1) is 14.8. The van der Waals surface area contributed by atoms with Crippen molar-refractivity contribution >= 4 is 17.6 Å². The molecule has 1 atom stereocenters. The molecular weight excluding hydrogens is 394 g/mol. The molecule has 3 rings (SSSR count). The summed E-state index contributed by atoms with van der Waals surface area (Å²) in [5, 5.41) is 5.80. The fourth-order valence-corrected chi connectivity index (χ4v) is 3.35. The minimum Gasteiger partial charge on any atom is -0.497 e. The van der Waals surface area contributed by atoms with Crippen LogP contribution in [0.3, 0.4) is 0 Å². The summed E-state index contributed by atoms with van der Waals surface area (Å²) in [6, 6.07) is 13.8. The van der Waals surface area contributed by atoms with E-state index < -0.39 is 6.04 Å². The van der Waals surface area contributed by atoms with Gasteiger partial charge in [-0.2, -0.15) is 0 Å². The van der Waals surface area contributed by atoms with E-state index >= 15 is 0 Å². The van der Waals surface area contributed by atoms with Gasteiger partial charge in [0.25, 0.3) is 5.91 Å². The van der Waals surface area contributed by atoms with Crippen molar-refractivity contribution in [1.29, 1.82) is 0 Å². The van der Waals surface area contributed by atoms with Gasteiger partial charge in [0.05, 0.1) is 20.3 Å². The predicted octanol–water partition coefficient (Wildman–Crippen LogP) is 3.71. The Bertz CT molecular complexity index is 883.